The van der Waals surface area contributed by atoms with Gasteiger partial charge in [-0.15, -0.1) is 0 Å². The van der Waals surface area contributed by atoms with Crippen molar-refractivity contribution in [2.24, 2.45) is 5.73 Å². The highest BCUT2D eigenvalue weighted by atomic mass is 16.3. The second-order valence-corrected chi connectivity index (χ2v) is 6.17. The molecule has 3 rings (SSSR count). The van der Waals surface area contributed by atoms with Crippen LogP contribution < -0.4 is 5.73 Å². The van der Waals surface area contributed by atoms with Gasteiger partial charge in [0.1, 0.15) is 5.75 Å². The Labute approximate surface area is 142 Å². The molecule has 4 heteroatoms. The molecule has 0 radical (unpaired) electrons. The van der Waals surface area contributed by atoms with E-state index in [2.05, 4.69) is 35.1 Å². The van der Waals surface area contributed by atoms with E-state index >= 15 is 0 Å². The van der Waals surface area contributed by atoms with E-state index in [0.717, 1.165) is 42.6 Å². The summed E-state index contributed by atoms with van der Waals surface area (Å²) in [5, 5.41) is 11.8. The Bertz CT molecular complexity index is 815. The average Bonchev–Trinajstić information content (AvgIpc) is 2.60. The van der Waals surface area contributed by atoms with Crippen molar-refractivity contribution < 1.29 is 5.11 Å². The summed E-state index contributed by atoms with van der Waals surface area (Å²) in [6.07, 6.45) is 4.78. The summed E-state index contributed by atoms with van der Waals surface area (Å²) in [4.78, 5) is 6.64. The summed E-state index contributed by atoms with van der Waals surface area (Å²) >= 11 is 0. The first-order valence-electron chi connectivity index (χ1n) is 8.22. The maximum atomic E-state index is 9.50. The number of nitrogens with zero attached hydrogens (tertiary/aromatic N) is 2. The molecule has 0 saturated heterocycles. The van der Waals surface area contributed by atoms with Crippen LogP contribution in [0.1, 0.15) is 12.0 Å². The van der Waals surface area contributed by atoms with Gasteiger partial charge >= 0.3 is 0 Å². The van der Waals surface area contributed by atoms with Crippen molar-refractivity contribution in [2.45, 2.75) is 13.0 Å². The van der Waals surface area contributed by atoms with E-state index in [0.29, 0.717) is 0 Å². The zero-order valence-corrected chi connectivity index (χ0v) is 13.9. The Morgan fingerprint density at radius 1 is 1.08 bits per heavy atom. The number of fused-ring (bicyclic) bond motifs is 1. The van der Waals surface area contributed by atoms with Crippen molar-refractivity contribution in [3.8, 4) is 16.9 Å². The van der Waals surface area contributed by atoms with Crippen LogP contribution in [0, 0.1) is 0 Å². The Morgan fingerprint density at radius 3 is 2.62 bits per heavy atom. The van der Waals surface area contributed by atoms with Gasteiger partial charge in [-0.3, -0.25) is 4.98 Å². The third kappa shape index (κ3) is 3.72. The molecule has 0 atom stereocenters. The predicted molar refractivity (Wildman–Crippen MR) is 98.8 cm³/mol. The zero-order valence-electron chi connectivity index (χ0n) is 13.9. The van der Waals surface area contributed by atoms with Crippen molar-refractivity contribution in [1.29, 1.82) is 0 Å². The molecule has 0 bridgehead atoms. The van der Waals surface area contributed by atoms with Crippen LogP contribution in [-0.2, 0) is 6.54 Å². The standard InChI is InChI=1S/C20H23N3O/c1-23(10-2-9-21)14-15-3-4-17-12-22-13-20(19(17)11-15)16-5-7-18(24)8-6-16/h3-8,11-13,24H,2,9-10,14,21H2,1H3. The van der Waals surface area contributed by atoms with Gasteiger partial charge in [0.2, 0.25) is 0 Å². The van der Waals surface area contributed by atoms with E-state index in [-0.39, 0.29) is 5.75 Å². The largest absolute Gasteiger partial charge is 0.508 e. The van der Waals surface area contributed by atoms with Crippen LogP contribution in [0.4, 0.5) is 0 Å². The summed E-state index contributed by atoms with van der Waals surface area (Å²) in [7, 11) is 2.12. The van der Waals surface area contributed by atoms with Crippen LogP contribution in [0.3, 0.4) is 0 Å². The van der Waals surface area contributed by atoms with Crippen LogP contribution in [0.5, 0.6) is 5.75 Å². The van der Waals surface area contributed by atoms with Gasteiger partial charge in [-0.2, -0.15) is 0 Å². The van der Waals surface area contributed by atoms with E-state index in [1.807, 2.05) is 24.5 Å². The van der Waals surface area contributed by atoms with E-state index in [9.17, 15) is 5.11 Å². The van der Waals surface area contributed by atoms with Gasteiger partial charge in [-0.05, 0) is 61.3 Å². The van der Waals surface area contributed by atoms with Gasteiger partial charge in [-0.1, -0.05) is 24.3 Å². The maximum Gasteiger partial charge on any atom is 0.115 e. The molecule has 124 valence electrons. The fourth-order valence-corrected chi connectivity index (χ4v) is 2.93. The molecule has 0 unspecified atom stereocenters. The van der Waals surface area contributed by atoms with Gasteiger partial charge in [0.05, 0.1) is 0 Å². The molecule has 1 heterocycles. The zero-order chi connectivity index (χ0) is 16.9. The number of pyridine rings is 1. The van der Waals surface area contributed by atoms with Gasteiger partial charge in [-0.25, -0.2) is 0 Å². The molecular formula is C20H23N3O. The minimum Gasteiger partial charge on any atom is -0.508 e. The Kier molecular flexibility index (Phi) is 5.08. The summed E-state index contributed by atoms with van der Waals surface area (Å²) in [6, 6.07) is 13.8. The summed E-state index contributed by atoms with van der Waals surface area (Å²) in [5.41, 5.74) is 9.00. The van der Waals surface area contributed by atoms with E-state index in [1.165, 1.54) is 10.9 Å². The lowest BCUT2D eigenvalue weighted by Crippen LogP contribution is -2.21. The van der Waals surface area contributed by atoms with Crippen LogP contribution in [0.15, 0.2) is 54.9 Å². The highest BCUT2D eigenvalue weighted by Gasteiger charge is 2.07. The van der Waals surface area contributed by atoms with E-state index in [1.54, 1.807) is 12.1 Å². The van der Waals surface area contributed by atoms with Crippen molar-refractivity contribution in [2.75, 3.05) is 20.1 Å². The van der Waals surface area contributed by atoms with Gasteiger partial charge < -0.3 is 15.7 Å². The van der Waals surface area contributed by atoms with Crippen molar-refractivity contribution in [1.82, 2.24) is 9.88 Å². The maximum absolute atomic E-state index is 9.50. The van der Waals surface area contributed by atoms with Gasteiger partial charge in [0.25, 0.3) is 0 Å². The number of aromatic nitrogens is 1. The molecule has 1 aromatic heterocycles. The molecule has 4 nitrogen and oxygen atoms in total. The predicted octanol–water partition coefficient (Wildman–Crippen LogP) is 3.39. The van der Waals surface area contributed by atoms with Crippen molar-refractivity contribution in [3.63, 3.8) is 0 Å². The molecule has 3 aromatic rings. The molecular weight excluding hydrogens is 298 g/mol. The minimum atomic E-state index is 0.272. The lowest BCUT2D eigenvalue weighted by Gasteiger charge is -2.17. The third-order valence-corrected chi connectivity index (χ3v) is 4.20. The van der Waals surface area contributed by atoms with Crippen molar-refractivity contribution in [3.05, 3.63) is 60.4 Å². The fourth-order valence-electron chi connectivity index (χ4n) is 2.93. The Morgan fingerprint density at radius 2 is 1.88 bits per heavy atom. The summed E-state index contributed by atoms with van der Waals surface area (Å²) < 4.78 is 0. The number of phenols is 1. The molecule has 0 aliphatic rings. The van der Waals surface area contributed by atoms with Crippen LogP contribution in [0.2, 0.25) is 0 Å². The lowest BCUT2D eigenvalue weighted by molar-refractivity contribution is 0.324. The van der Waals surface area contributed by atoms with Crippen molar-refractivity contribution >= 4 is 10.8 Å². The normalized spacial score (nSPS) is 11.3. The molecule has 24 heavy (non-hydrogen) atoms. The molecule has 0 aliphatic heterocycles. The number of aromatic hydroxyl groups is 1. The first-order valence-corrected chi connectivity index (χ1v) is 8.22. The minimum absolute atomic E-state index is 0.272. The fraction of sp³-hybridized carbons (Fsp3) is 0.250. The summed E-state index contributed by atoms with van der Waals surface area (Å²) in [5.74, 6) is 0.272. The quantitative estimate of drug-likeness (QED) is 0.730. The molecule has 0 spiro atoms. The number of phenolic OH excluding ortho intramolecular Hbond substituents is 1. The van der Waals surface area contributed by atoms with E-state index < -0.39 is 0 Å². The number of hydrogen-bond acceptors (Lipinski definition) is 4. The first-order chi connectivity index (χ1) is 11.7. The van der Waals surface area contributed by atoms with Crippen LogP contribution >= 0.6 is 0 Å². The molecule has 2 aromatic carbocycles. The smallest absolute Gasteiger partial charge is 0.115 e. The van der Waals surface area contributed by atoms with Crippen LogP contribution in [-0.4, -0.2) is 35.1 Å². The molecule has 0 amide bonds. The highest BCUT2D eigenvalue weighted by molar-refractivity contribution is 5.96. The molecule has 3 N–H and O–H groups in total. The van der Waals surface area contributed by atoms with Gasteiger partial charge in [0.15, 0.2) is 0 Å². The average molecular weight is 321 g/mol. The molecule has 0 fully saturated rings. The van der Waals surface area contributed by atoms with Crippen LogP contribution in [0.25, 0.3) is 21.9 Å². The number of hydrogen-bond donors (Lipinski definition) is 2. The first kappa shape index (κ1) is 16.4. The highest BCUT2D eigenvalue weighted by Crippen LogP contribution is 2.29. The second kappa shape index (κ2) is 7.43. The number of nitrogens with two attached hydrogens (primary N) is 1. The third-order valence-electron chi connectivity index (χ3n) is 4.20. The Balaban J connectivity index is 1.95. The molecule has 0 saturated carbocycles. The molecule has 0 aliphatic carbocycles. The number of benzene rings is 2. The SMILES string of the molecule is CN(CCCN)Cc1ccc2cncc(-c3ccc(O)cc3)c2c1. The monoisotopic (exact) mass is 321 g/mol. The topological polar surface area (TPSA) is 62.4 Å². The Hall–Kier alpha value is -2.43. The van der Waals surface area contributed by atoms with Gasteiger partial charge in [0, 0.05) is 29.9 Å². The second-order valence-electron chi connectivity index (χ2n) is 6.17. The summed E-state index contributed by atoms with van der Waals surface area (Å²) in [6.45, 7) is 2.61. The number of rotatable bonds is 6. The van der Waals surface area contributed by atoms with E-state index in [4.69, 9.17) is 5.73 Å². The lowest BCUT2D eigenvalue weighted by atomic mass is 9.99.